The maximum Gasteiger partial charge on any atom is 0.188 e. The maximum atomic E-state index is 13.2. The smallest absolute Gasteiger partial charge is 0.188 e. The SMILES string of the molecule is COc1ccc(F)cc1CN=C(N)NCC1CCC1.I. The number of rotatable bonds is 5. The van der Waals surface area contributed by atoms with E-state index < -0.39 is 0 Å². The van der Waals surface area contributed by atoms with Gasteiger partial charge in [0.05, 0.1) is 13.7 Å². The molecule has 0 atom stereocenters. The number of halogens is 2. The van der Waals surface area contributed by atoms with Gasteiger partial charge in [0, 0.05) is 12.1 Å². The Hall–Kier alpha value is -1.05. The van der Waals surface area contributed by atoms with Crippen LogP contribution in [-0.2, 0) is 6.54 Å². The van der Waals surface area contributed by atoms with Gasteiger partial charge in [0.15, 0.2) is 5.96 Å². The van der Waals surface area contributed by atoms with Crippen molar-refractivity contribution in [2.45, 2.75) is 25.8 Å². The highest BCUT2D eigenvalue weighted by atomic mass is 127. The number of guanidine groups is 1. The molecular formula is C14H21FIN3O. The molecule has 20 heavy (non-hydrogen) atoms. The van der Waals surface area contributed by atoms with Crippen LogP contribution < -0.4 is 15.8 Å². The van der Waals surface area contributed by atoms with Gasteiger partial charge in [-0.05, 0) is 37.0 Å². The quantitative estimate of drug-likeness (QED) is 0.460. The minimum Gasteiger partial charge on any atom is -0.496 e. The minimum absolute atomic E-state index is 0. The van der Waals surface area contributed by atoms with Crippen molar-refractivity contribution in [3.63, 3.8) is 0 Å². The zero-order chi connectivity index (χ0) is 13.7. The highest BCUT2D eigenvalue weighted by molar-refractivity contribution is 14.0. The molecule has 112 valence electrons. The summed E-state index contributed by atoms with van der Waals surface area (Å²) in [5.41, 5.74) is 6.47. The molecule has 4 nitrogen and oxygen atoms in total. The lowest BCUT2D eigenvalue weighted by Crippen LogP contribution is -2.37. The Morgan fingerprint density at radius 2 is 2.25 bits per heavy atom. The molecule has 0 aromatic heterocycles. The topological polar surface area (TPSA) is 59.6 Å². The van der Waals surface area contributed by atoms with Crippen LogP contribution in [0.4, 0.5) is 4.39 Å². The van der Waals surface area contributed by atoms with E-state index in [1.165, 1.54) is 31.4 Å². The predicted molar refractivity (Wildman–Crippen MR) is 89.0 cm³/mol. The lowest BCUT2D eigenvalue weighted by Gasteiger charge is -2.25. The van der Waals surface area contributed by atoms with Crippen LogP contribution in [0, 0.1) is 11.7 Å². The van der Waals surface area contributed by atoms with Crippen molar-refractivity contribution in [1.29, 1.82) is 0 Å². The number of aliphatic imine (C=N–C) groups is 1. The van der Waals surface area contributed by atoms with Gasteiger partial charge in [-0.1, -0.05) is 6.42 Å². The largest absolute Gasteiger partial charge is 0.496 e. The van der Waals surface area contributed by atoms with Crippen molar-refractivity contribution in [1.82, 2.24) is 5.32 Å². The van der Waals surface area contributed by atoms with E-state index in [0.29, 0.717) is 23.8 Å². The van der Waals surface area contributed by atoms with Crippen molar-refractivity contribution in [3.8, 4) is 5.75 Å². The average Bonchev–Trinajstić information content (AvgIpc) is 2.34. The van der Waals surface area contributed by atoms with Gasteiger partial charge in [-0.25, -0.2) is 9.38 Å². The zero-order valence-electron chi connectivity index (χ0n) is 11.6. The summed E-state index contributed by atoms with van der Waals surface area (Å²) in [6.07, 6.45) is 3.83. The molecule has 0 bridgehead atoms. The van der Waals surface area contributed by atoms with Crippen molar-refractivity contribution < 1.29 is 9.13 Å². The standard InChI is InChI=1S/C14H20FN3O.HI/c1-19-13-6-5-12(15)7-11(13)9-18-14(16)17-8-10-3-2-4-10;/h5-7,10H,2-4,8-9H2,1H3,(H3,16,17,18);1H. The number of nitrogens with one attached hydrogen (secondary N) is 1. The Balaban J connectivity index is 0.00000200. The minimum atomic E-state index is -0.299. The van der Waals surface area contributed by atoms with Gasteiger partial charge in [-0.2, -0.15) is 0 Å². The molecule has 1 aliphatic carbocycles. The fraction of sp³-hybridized carbons (Fsp3) is 0.500. The number of hydrogen-bond donors (Lipinski definition) is 2. The van der Waals surface area contributed by atoms with E-state index in [2.05, 4.69) is 10.3 Å². The van der Waals surface area contributed by atoms with Crippen LogP contribution in [0.15, 0.2) is 23.2 Å². The zero-order valence-corrected chi connectivity index (χ0v) is 13.9. The Kier molecular flexibility index (Phi) is 7.04. The van der Waals surface area contributed by atoms with Gasteiger partial charge >= 0.3 is 0 Å². The van der Waals surface area contributed by atoms with Crippen molar-refractivity contribution in [3.05, 3.63) is 29.6 Å². The molecule has 0 aliphatic heterocycles. The maximum absolute atomic E-state index is 13.2. The summed E-state index contributed by atoms with van der Waals surface area (Å²) < 4.78 is 18.3. The summed E-state index contributed by atoms with van der Waals surface area (Å²) in [5.74, 6) is 1.44. The molecule has 1 aromatic carbocycles. The van der Waals surface area contributed by atoms with Gasteiger partial charge in [0.1, 0.15) is 11.6 Å². The van der Waals surface area contributed by atoms with Gasteiger partial charge < -0.3 is 15.8 Å². The normalized spacial score (nSPS) is 15.2. The van der Waals surface area contributed by atoms with E-state index >= 15 is 0 Å². The monoisotopic (exact) mass is 393 g/mol. The van der Waals surface area contributed by atoms with E-state index in [-0.39, 0.29) is 29.8 Å². The van der Waals surface area contributed by atoms with Gasteiger partial charge in [-0.15, -0.1) is 24.0 Å². The Morgan fingerprint density at radius 3 is 2.85 bits per heavy atom. The van der Waals surface area contributed by atoms with Crippen molar-refractivity contribution in [2.24, 2.45) is 16.6 Å². The Bertz CT molecular complexity index is 464. The lowest BCUT2D eigenvalue weighted by atomic mass is 9.85. The van der Waals surface area contributed by atoms with E-state index in [0.717, 1.165) is 12.5 Å². The number of ether oxygens (including phenoxy) is 1. The highest BCUT2D eigenvalue weighted by Gasteiger charge is 2.16. The second kappa shape index (κ2) is 8.28. The molecule has 6 heteroatoms. The molecule has 0 saturated heterocycles. The molecule has 0 radical (unpaired) electrons. The number of nitrogens with zero attached hydrogens (tertiary/aromatic N) is 1. The van der Waals surface area contributed by atoms with Crippen LogP contribution in [0.25, 0.3) is 0 Å². The fourth-order valence-electron chi connectivity index (χ4n) is 2.04. The van der Waals surface area contributed by atoms with E-state index in [1.54, 1.807) is 13.2 Å². The molecule has 1 saturated carbocycles. The number of methoxy groups -OCH3 is 1. The second-order valence-electron chi connectivity index (χ2n) is 4.84. The summed E-state index contributed by atoms with van der Waals surface area (Å²) in [4.78, 5) is 4.21. The van der Waals surface area contributed by atoms with E-state index in [4.69, 9.17) is 10.5 Å². The summed E-state index contributed by atoms with van der Waals surface area (Å²) in [6, 6.07) is 4.38. The first-order chi connectivity index (χ1) is 9.19. The Morgan fingerprint density at radius 1 is 1.50 bits per heavy atom. The molecule has 0 unspecified atom stereocenters. The van der Waals surface area contributed by atoms with Crippen LogP contribution in [0.5, 0.6) is 5.75 Å². The third-order valence-electron chi connectivity index (χ3n) is 3.46. The molecule has 2 rings (SSSR count). The second-order valence-corrected chi connectivity index (χ2v) is 4.84. The van der Waals surface area contributed by atoms with Crippen LogP contribution in [-0.4, -0.2) is 19.6 Å². The number of nitrogens with two attached hydrogens (primary N) is 1. The molecule has 0 amide bonds. The molecule has 1 fully saturated rings. The van der Waals surface area contributed by atoms with Crippen LogP contribution in [0.2, 0.25) is 0 Å². The Labute approximate surface area is 136 Å². The number of benzene rings is 1. The number of hydrogen-bond acceptors (Lipinski definition) is 2. The molecule has 3 N–H and O–H groups in total. The molecule has 0 heterocycles. The molecular weight excluding hydrogens is 372 g/mol. The first-order valence-electron chi connectivity index (χ1n) is 6.55. The van der Waals surface area contributed by atoms with Crippen LogP contribution >= 0.6 is 24.0 Å². The third kappa shape index (κ3) is 4.81. The summed E-state index contributed by atoms with van der Waals surface area (Å²) in [5, 5.41) is 3.10. The summed E-state index contributed by atoms with van der Waals surface area (Å²) >= 11 is 0. The van der Waals surface area contributed by atoms with Gasteiger partial charge in [0.25, 0.3) is 0 Å². The highest BCUT2D eigenvalue weighted by Crippen LogP contribution is 2.25. The molecule has 1 aromatic rings. The lowest BCUT2D eigenvalue weighted by molar-refractivity contribution is 0.315. The predicted octanol–water partition coefficient (Wildman–Crippen LogP) is 2.66. The first-order valence-corrected chi connectivity index (χ1v) is 6.55. The summed E-state index contributed by atoms with van der Waals surface area (Å²) in [7, 11) is 1.55. The van der Waals surface area contributed by atoms with Crippen LogP contribution in [0.1, 0.15) is 24.8 Å². The van der Waals surface area contributed by atoms with Crippen LogP contribution in [0.3, 0.4) is 0 Å². The van der Waals surface area contributed by atoms with Crippen molar-refractivity contribution in [2.75, 3.05) is 13.7 Å². The average molecular weight is 393 g/mol. The molecule has 1 aliphatic rings. The fourth-order valence-corrected chi connectivity index (χ4v) is 2.04. The van der Waals surface area contributed by atoms with E-state index in [1.807, 2.05) is 0 Å². The van der Waals surface area contributed by atoms with Gasteiger partial charge in [-0.3, -0.25) is 0 Å². The third-order valence-corrected chi connectivity index (χ3v) is 3.46. The van der Waals surface area contributed by atoms with E-state index in [9.17, 15) is 4.39 Å². The molecule has 0 spiro atoms. The first kappa shape index (κ1) is 17.0. The summed E-state index contributed by atoms with van der Waals surface area (Å²) in [6.45, 7) is 1.18. The van der Waals surface area contributed by atoms with Gasteiger partial charge in [0.2, 0.25) is 0 Å². The van der Waals surface area contributed by atoms with Crippen molar-refractivity contribution >= 4 is 29.9 Å².